The molecule has 0 saturated heterocycles. The molecule has 0 N–H and O–H groups in total. The molecule has 43 heavy (non-hydrogen) atoms. The summed E-state index contributed by atoms with van der Waals surface area (Å²) in [4.78, 5) is 4.80. The van der Waals surface area contributed by atoms with Gasteiger partial charge in [0.25, 0.3) is 0 Å². The molecule has 0 aromatic heterocycles. The normalized spacial score (nSPS) is 22.9. The molecule has 1 atom stereocenters. The maximum absolute atomic E-state index is 7.17. The summed E-state index contributed by atoms with van der Waals surface area (Å²) in [6.07, 6.45) is 12.4. The van der Waals surface area contributed by atoms with Crippen molar-refractivity contribution in [3.63, 3.8) is 0 Å². The average Bonchev–Trinajstić information content (AvgIpc) is 3.33. The highest BCUT2D eigenvalue weighted by molar-refractivity contribution is 6.32. The third kappa shape index (κ3) is 4.29. The van der Waals surface area contributed by atoms with E-state index >= 15 is 0 Å². The van der Waals surface area contributed by atoms with Crippen LogP contribution in [0.5, 0.6) is 0 Å². The summed E-state index contributed by atoms with van der Waals surface area (Å²) in [6, 6.07) is 26.8. The molecule has 4 aromatic rings. The van der Waals surface area contributed by atoms with Gasteiger partial charge in [-0.15, -0.1) is 0 Å². The van der Waals surface area contributed by atoms with Crippen LogP contribution in [0.25, 0.3) is 21.5 Å². The Morgan fingerprint density at radius 2 is 1.37 bits per heavy atom. The van der Waals surface area contributed by atoms with Crippen molar-refractivity contribution >= 4 is 44.5 Å². The Labute approximate surface area is 261 Å². The van der Waals surface area contributed by atoms with Gasteiger partial charge in [0.2, 0.25) is 0 Å². The number of allylic oxidation sites excluding steroid dienone is 7. The zero-order chi connectivity index (χ0) is 30.1. The Bertz CT molecular complexity index is 1900. The largest absolute Gasteiger partial charge is 0.367 e. The predicted molar refractivity (Wildman–Crippen MR) is 187 cm³/mol. The summed E-state index contributed by atoms with van der Waals surface area (Å²) < 4.78 is 0. The van der Waals surface area contributed by atoms with E-state index in [9.17, 15) is 0 Å². The van der Waals surface area contributed by atoms with Gasteiger partial charge in [-0.25, -0.2) is 0 Å². The lowest BCUT2D eigenvalue weighted by molar-refractivity contribution is 0.490. The smallest absolute Gasteiger partial charge is 0.0565 e. The zero-order valence-electron chi connectivity index (χ0n) is 26.2. The van der Waals surface area contributed by atoms with Crippen molar-refractivity contribution in [2.45, 2.75) is 63.8 Å². The first kappa shape index (κ1) is 28.0. The number of anilines is 2. The molecule has 1 aliphatic carbocycles. The molecule has 0 fully saturated rings. The molecule has 1 unspecified atom stereocenters. The lowest BCUT2D eigenvalue weighted by Crippen LogP contribution is -2.37. The standard InChI is InChI=1S/C40H41ClN2/c1-39(2)34(42(5)32-22-18-26-12-7-9-16-30(26)36(32)39)24-20-28-14-11-15-29(38(28)41)21-25-35-40(3,4)37-31-17-10-8-13-27(31)19-23-33(37)43(35)6/h7-10,12-13,16-25,34H,11,14-15H2,1-6H3/b24-20+,29-21+,35-25-. The van der Waals surface area contributed by atoms with Gasteiger partial charge in [-0.05, 0) is 81.3 Å². The molecular weight excluding hydrogens is 544 g/mol. The third-order valence-corrected chi connectivity index (χ3v) is 10.8. The summed E-state index contributed by atoms with van der Waals surface area (Å²) in [5.74, 6) is 0. The summed E-state index contributed by atoms with van der Waals surface area (Å²) >= 11 is 7.17. The van der Waals surface area contributed by atoms with Gasteiger partial charge in [0.1, 0.15) is 0 Å². The molecule has 2 nitrogen and oxygen atoms in total. The van der Waals surface area contributed by atoms with E-state index in [1.54, 1.807) is 0 Å². The lowest BCUT2D eigenvalue weighted by Gasteiger charge is -2.30. The van der Waals surface area contributed by atoms with Gasteiger partial charge in [-0.2, -0.15) is 0 Å². The van der Waals surface area contributed by atoms with E-state index in [-0.39, 0.29) is 16.9 Å². The topological polar surface area (TPSA) is 6.48 Å². The molecule has 0 saturated carbocycles. The average molecular weight is 585 g/mol. The number of likely N-dealkylation sites (N-methyl/N-ethyl adjacent to an activating group) is 2. The van der Waals surface area contributed by atoms with Crippen LogP contribution in [0.1, 0.15) is 58.1 Å². The highest BCUT2D eigenvalue weighted by Gasteiger charge is 2.43. The van der Waals surface area contributed by atoms with E-state index in [4.69, 9.17) is 11.6 Å². The van der Waals surface area contributed by atoms with Gasteiger partial charge >= 0.3 is 0 Å². The Morgan fingerprint density at radius 3 is 2.07 bits per heavy atom. The fourth-order valence-electron chi connectivity index (χ4n) is 8.17. The minimum absolute atomic E-state index is 0.0238. The van der Waals surface area contributed by atoms with E-state index in [1.807, 2.05) is 0 Å². The van der Waals surface area contributed by atoms with Crippen LogP contribution in [-0.2, 0) is 10.8 Å². The van der Waals surface area contributed by atoms with Gasteiger partial charge in [-0.1, -0.05) is 118 Å². The van der Waals surface area contributed by atoms with Crippen LogP contribution in [0.2, 0.25) is 0 Å². The van der Waals surface area contributed by atoms with Crippen molar-refractivity contribution < 1.29 is 0 Å². The van der Waals surface area contributed by atoms with Crippen molar-refractivity contribution in [2.75, 3.05) is 23.9 Å². The molecule has 0 bridgehead atoms. The van der Waals surface area contributed by atoms with E-state index in [0.29, 0.717) is 0 Å². The molecule has 218 valence electrons. The number of benzene rings is 4. The van der Waals surface area contributed by atoms with E-state index < -0.39 is 0 Å². The molecule has 0 radical (unpaired) electrons. The molecule has 2 heterocycles. The first-order valence-corrected chi connectivity index (χ1v) is 16.0. The third-order valence-electron chi connectivity index (χ3n) is 10.4. The molecule has 3 aliphatic rings. The van der Waals surface area contributed by atoms with Crippen LogP contribution in [0, 0.1) is 0 Å². The van der Waals surface area contributed by atoms with Crippen LogP contribution in [-0.4, -0.2) is 20.1 Å². The molecule has 2 aliphatic heterocycles. The van der Waals surface area contributed by atoms with Crippen LogP contribution >= 0.6 is 11.6 Å². The van der Waals surface area contributed by atoms with Gasteiger partial charge in [0.05, 0.1) is 6.04 Å². The quantitative estimate of drug-likeness (QED) is 0.236. The number of hydrogen-bond acceptors (Lipinski definition) is 2. The highest BCUT2D eigenvalue weighted by atomic mass is 35.5. The Kier molecular flexibility index (Phi) is 6.63. The first-order valence-electron chi connectivity index (χ1n) is 15.6. The summed E-state index contributed by atoms with van der Waals surface area (Å²) in [5, 5.41) is 6.22. The van der Waals surface area contributed by atoms with Crippen LogP contribution in [0.15, 0.2) is 119 Å². The number of halogens is 1. The molecular formula is C40H41ClN2. The summed E-state index contributed by atoms with van der Waals surface area (Å²) in [6.45, 7) is 9.46. The van der Waals surface area contributed by atoms with Crippen molar-refractivity contribution in [1.82, 2.24) is 0 Å². The Balaban J connectivity index is 1.20. The fraction of sp³-hybridized carbons (Fsp3) is 0.300. The lowest BCUT2D eigenvalue weighted by atomic mass is 9.78. The Morgan fingerprint density at radius 1 is 0.744 bits per heavy atom. The summed E-state index contributed by atoms with van der Waals surface area (Å²) in [7, 11) is 4.42. The monoisotopic (exact) mass is 584 g/mol. The zero-order valence-corrected chi connectivity index (χ0v) is 27.0. The number of rotatable bonds is 3. The molecule has 7 rings (SSSR count). The number of hydrogen-bond donors (Lipinski definition) is 0. The minimum atomic E-state index is -0.104. The van der Waals surface area contributed by atoms with Gasteiger partial charge < -0.3 is 9.80 Å². The van der Waals surface area contributed by atoms with Crippen LogP contribution in [0.3, 0.4) is 0 Å². The minimum Gasteiger partial charge on any atom is -0.367 e. The Hall–Kier alpha value is -3.75. The van der Waals surface area contributed by atoms with Crippen LogP contribution < -0.4 is 9.80 Å². The second-order valence-electron chi connectivity index (χ2n) is 13.6. The second kappa shape index (κ2) is 10.2. The first-order chi connectivity index (χ1) is 20.6. The maximum atomic E-state index is 7.17. The predicted octanol–water partition coefficient (Wildman–Crippen LogP) is 10.6. The van der Waals surface area contributed by atoms with Crippen molar-refractivity contribution in [1.29, 1.82) is 0 Å². The van der Waals surface area contributed by atoms with Crippen LogP contribution in [0.4, 0.5) is 11.4 Å². The fourth-order valence-corrected chi connectivity index (χ4v) is 8.49. The van der Waals surface area contributed by atoms with E-state index in [2.05, 4.69) is 149 Å². The van der Waals surface area contributed by atoms with Crippen molar-refractivity contribution in [2.24, 2.45) is 0 Å². The maximum Gasteiger partial charge on any atom is 0.0565 e. The highest BCUT2D eigenvalue weighted by Crippen LogP contribution is 2.51. The molecule has 3 heteroatoms. The number of fused-ring (bicyclic) bond motifs is 6. The van der Waals surface area contributed by atoms with Gasteiger partial charge in [0, 0.05) is 47.0 Å². The van der Waals surface area contributed by atoms with Gasteiger partial charge in [0.15, 0.2) is 0 Å². The van der Waals surface area contributed by atoms with E-state index in [0.717, 1.165) is 24.3 Å². The second-order valence-corrected chi connectivity index (χ2v) is 14.0. The van der Waals surface area contributed by atoms with Crippen molar-refractivity contribution in [3.05, 3.63) is 130 Å². The molecule has 4 aromatic carbocycles. The van der Waals surface area contributed by atoms with E-state index in [1.165, 1.54) is 60.9 Å². The SMILES string of the molecule is CN1/C(=C\C=C2/CCCC(/C=C/C3N(C)c4ccc5ccccc5c4C3(C)C)=C2Cl)C(C)(C)c2c1ccc1ccccc21. The molecule has 0 spiro atoms. The molecule has 0 amide bonds. The van der Waals surface area contributed by atoms with Gasteiger partial charge in [-0.3, -0.25) is 0 Å². The summed E-state index contributed by atoms with van der Waals surface area (Å²) in [5.41, 5.74) is 9.12. The number of nitrogens with zero attached hydrogens (tertiary/aromatic N) is 2. The van der Waals surface area contributed by atoms with Crippen molar-refractivity contribution in [3.8, 4) is 0 Å².